The van der Waals surface area contributed by atoms with Crippen LogP contribution in [0.2, 0.25) is 0 Å². The quantitative estimate of drug-likeness (QED) is 0.909. The Morgan fingerprint density at radius 2 is 2.05 bits per heavy atom. The van der Waals surface area contributed by atoms with Crippen molar-refractivity contribution in [3.8, 4) is 0 Å². The summed E-state index contributed by atoms with van der Waals surface area (Å²) in [6.45, 7) is 3.44. The molecule has 1 unspecified atom stereocenters. The Bertz CT molecular complexity index is 477. The van der Waals surface area contributed by atoms with E-state index >= 15 is 0 Å². The topological polar surface area (TPSA) is 41.1 Å². The molecule has 0 radical (unpaired) electrons. The van der Waals surface area contributed by atoms with Crippen LogP contribution in [0.25, 0.3) is 0 Å². The molecule has 1 atom stereocenters. The summed E-state index contributed by atoms with van der Waals surface area (Å²) >= 11 is 0. The van der Waals surface area contributed by atoms with Crippen LogP contribution in [0.1, 0.15) is 43.4 Å². The number of anilines is 1. The maximum Gasteiger partial charge on any atom is 0.225 e. The molecular formula is C16H24N4. The summed E-state index contributed by atoms with van der Waals surface area (Å²) in [6.07, 6.45) is 11.0. The lowest BCUT2D eigenvalue weighted by atomic mass is 9.87. The normalized spacial score (nSPS) is 25.8. The molecule has 1 saturated heterocycles. The highest BCUT2D eigenvalue weighted by atomic mass is 15.3. The van der Waals surface area contributed by atoms with Crippen molar-refractivity contribution in [1.29, 1.82) is 0 Å². The molecule has 108 valence electrons. The molecule has 0 aromatic carbocycles. The van der Waals surface area contributed by atoms with Gasteiger partial charge in [0.05, 0.1) is 0 Å². The minimum atomic E-state index is 0.782. The summed E-state index contributed by atoms with van der Waals surface area (Å²) in [7, 11) is 0. The summed E-state index contributed by atoms with van der Waals surface area (Å²) in [5.74, 6) is 1.75. The van der Waals surface area contributed by atoms with Gasteiger partial charge in [0, 0.05) is 31.0 Å². The van der Waals surface area contributed by atoms with Crippen molar-refractivity contribution < 1.29 is 0 Å². The van der Waals surface area contributed by atoms with Crippen LogP contribution in [0, 0.1) is 5.92 Å². The molecule has 2 aliphatic carbocycles. The van der Waals surface area contributed by atoms with Gasteiger partial charge >= 0.3 is 0 Å². The van der Waals surface area contributed by atoms with E-state index in [2.05, 4.69) is 21.4 Å². The smallest absolute Gasteiger partial charge is 0.225 e. The SMILES string of the molecule is c1nc(N2CCCC2)nc2c1CC(CNC1CC1)CC2. The average molecular weight is 272 g/mol. The summed E-state index contributed by atoms with van der Waals surface area (Å²) in [4.78, 5) is 11.8. The molecule has 1 aliphatic heterocycles. The molecule has 4 heteroatoms. The molecule has 4 nitrogen and oxygen atoms in total. The van der Waals surface area contributed by atoms with Crippen LogP contribution in [-0.2, 0) is 12.8 Å². The van der Waals surface area contributed by atoms with Crippen LogP contribution in [0.5, 0.6) is 0 Å². The van der Waals surface area contributed by atoms with Crippen LogP contribution in [0.3, 0.4) is 0 Å². The second-order valence-corrected chi connectivity index (χ2v) is 6.63. The van der Waals surface area contributed by atoms with Crippen molar-refractivity contribution >= 4 is 5.95 Å². The summed E-state index contributed by atoms with van der Waals surface area (Å²) in [5.41, 5.74) is 2.70. The highest BCUT2D eigenvalue weighted by Gasteiger charge is 2.25. The highest BCUT2D eigenvalue weighted by Crippen LogP contribution is 2.27. The van der Waals surface area contributed by atoms with E-state index in [0.717, 1.165) is 43.8 Å². The Labute approximate surface area is 121 Å². The van der Waals surface area contributed by atoms with Gasteiger partial charge in [0.15, 0.2) is 0 Å². The van der Waals surface area contributed by atoms with Gasteiger partial charge < -0.3 is 10.2 Å². The second kappa shape index (κ2) is 5.32. The Morgan fingerprint density at radius 1 is 1.20 bits per heavy atom. The van der Waals surface area contributed by atoms with E-state index in [0.29, 0.717) is 0 Å². The van der Waals surface area contributed by atoms with Gasteiger partial charge in [-0.25, -0.2) is 9.97 Å². The van der Waals surface area contributed by atoms with Gasteiger partial charge in [-0.2, -0.15) is 0 Å². The first-order chi connectivity index (χ1) is 9.88. The zero-order chi connectivity index (χ0) is 13.4. The fourth-order valence-corrected chi connectivity index (χ4v) is 3.44. The number of hydrogen-bond donors (Lipinski definition) is 1. The molecule has 1 aromatic heterocycles. The van der Waals surface area contributed by atoms with E-state index in [1.807, 2.05) is 0 Å². The molecule has 1 saturated carbocycles. The van der Waals surface area contributed by atoms with Crippen LogP contribution in [0.15, 0.2) is 6.20 Å². The predicted octanol–water partition coefficient (Wildman–Crippen LogP) is 1.93. The molecule has 3 aliphatic rings. The lowest BCUT2D eigenvalue weighted by Crippen LogP contribution is -2.29. The predicted molar refractivity (Wildman–Crippen MR) is 80.0 cm³/mol. The van der Waals surface area contributed by atoms with Gasteiger partial charge in [-0.3, -0.25) is 0 Å². The van der Waals surface area contributed by atoms with Crippen LogP contribution in [-0.4, -0.2) is 35.6 Å². The van der Waals surface area contributed by atoms with Crippen LogP contribution < -0.4 is 10.2 Å². The molecule has 1 aromatic rings. The fraction of sp³-hybridized carbons (Fsp3) is 0.750. The average Bonchev–Trinajstić information content (AvgIpc) is 3.16. The number of nitrogens with one attached hydrogen (secondary N) is 1. The van der Waals surface area contributed by atoms with Crippen molar-refractivity contribution in [2.75, 3.05) is 24.5 Å². The van der Waals surface area contributed by atoms with E-state index < -0.39 is 0 Å². The maximum absolute atomic E-state index is 4.83. The van der Waals surface area contributed by atoms with E-state index in [9.17, 15) is 0 Å². The molecule has 1 N–H and O–H groups in total. The number of aryl methyl sites for hydroxylation is 1. The number of rotatable bonds is 4. The molecular weight excluding hydrogens is 248 g/mol. The van der Waals surface area contributed by atoms with Crippen molar-refractivity contribution in [2.24, 2.45) is 5.92 Å². The number of hydrogen-bond acceptors (Lipinski definition) is 4. The maximum atomic E-state index is 4.83. The Hall–Kier alpha value is -1.16. The van der Waals surface area contributed by atoms with Crippen molar-refractivity contribution in [3.05, 3.63) is 17.5 Å². The van der Waals surface area contributed by atoms with Crippen LogP contribution in [0.4, 0.5) is 5.95 Å². The van der Waals surface area contributed by atoms with Gasteiger partial charge in [0.1, 0.15) is 0 Å². The third-order valence-electron chi connectivity index (χ3n) is 4.90. The largest absolute Gasteiger partial charge is 0.341 e. The van der Waals surface area contributed by atoms with E-state index in [1.165, 1.54) is 49.9 Å². The van der Waals surface area contributed by atoms with E-state index in [4.69, 9.17) is 4.98 Å². The zero-order valence-electron chi connectivity index (χ0n) is 12.1. The molecule has 2 fully saturated rings. The monoisotopic (exact) mass is 272 g/mol. The van der Waals surface area contributed by atoms with E-state index in [-0.39, 0.29) is 0 Å². The van der Waals surface area contributed by atoms with E-state index in [1.54, 1.807) is 0 Å². The van der Waals surface area contributed by atoms with Gasteiger partial charge in [-0.05, 0) is 63.0 Å². The number of nitrogens with zero attached hydrogens (tertiary/aromatic N) is 3. The molecule has 4 rings (SSSR count). The molecule has 0 spiro atoms. The Morgan fingerprint density at radius 3 is 2.85 bits per heavy atom. The van der Waals surface area contributed by atoms with Gasteiger partial charge in [-0.1, -0.05) is 0 Å². The molecule has 2 heterocycles. The first kappa shape index (κ1) is 12.6. The minimum absolute atomic E-state index is 0.782. The summed E-state index contributed by atoms with van der Waals surface area (Å²) in [6, 6.07) is 0.824. The Kier molecular flexibility index (Phi) is 3.34. The first-order valence-corrected chi connectivity index (χ1v) is 8.21. The zero-order valence-corrected chi connectivity index (χ0v) is 12.1. The van der Waals surface area contributed by atoms with Crippen LogP contribution >= 0.6 is 0 Å². The highest BCUT2D eigenvalue weighted by molar-refractivity contribution is 5.35. The summed E-state index contributed by atoms with van der Waals surface area (Å²) < 4.78 is 0. The van der Waals surface area contributed by atoms with Gasteiger partial charge in [0.2, 0.25) is 5.95 Å². The summed E-state index contributed by atoms with van der Waals surface area (Å²) in [5, 5.41) is 3.66. The molecule has 0 amide bonds. The minimum Gasteiger partial charge on any atom is -0.341 e. The van der Waals surface area contributed by atoms with Gasteiger partial charge in [0.25, 0.3) is 0 Å². The molecule has 0 bridgehead atoms. The Balaban J connectivity index is 1.42. The lowest BCUT2D eigenvalue weighted by molar-refractivity contribution is 0.418. The van der Waals surface area contributed by atoms with Crippen molar-refractivity contribution in [3.63, 3.8) is 0 Å². The standard InChI is InChI=1S/C16H24N4/c1-2-8-20(7-1)16-18-11-13-9-12(3-6-15(13)19-16)10-17-14-4-5-14/h11-12,14,17H,1-10H2. The first-order valence-electron chi connectivity index (χ1n) is 8.21. The fourth-order valence-electron chi connectivity index (χ4n) is 3.44. The molecule has 20 heavy (non-hydrogen) atoms. The number of aromatic nitrogens is 2. The second-order valence-electron chi connectivity index (χ2n) is 6.63. The van der Waals surface area contributed by atoms with Crippen molar-refractivity contribution in [1.82, 2.24) is 15.3 Å². The lowest BCUT2D eigenvalue weighted by Gasteiger charge is -2.25. The number of fused-ring (bicyclic) bond motifs is 1. The third-order valence-corrected chi connectivity index (χ3v) is 4.90. The van der Waals surface area contributed by atoms with Crippen molar-refractivity contribution in [2.45, 2.75) is 51.0 Å². The third kappa shape index (κ3) is 2.66. The van der Waals surface area contributed by atoms with Gasteiger partial charge in [-0.15, -0.1) is 0 Å².